The summed E-state index contributed by atoms with van der Waals surface area (Å²) in [6, 6.07) is 9.26. The summed E-state index contributed by atoms with van der Waals surface area (Å²) in [5.41, 5.74) is 0.239. The molecule has 2 rings (SSSR count). The molecule has 0 saturated heterocycles. The minimum atomic E-state index is -0.585. The van der Waals surface area contributed by atoms with E-state index in [-0.39, 0.29) is 16.9 Å². The zero-order valence-electron chi connectivity index (χ0n) is 10.9. The molecule has 0 heterocycles. The maximum atomic E-state index is 12.2. The summed E-state index contributed by atoms with van der Waals surface area (Å²) in [5, 5.41) is 23.9. The largest absolute Gasteiger partial charge is 0.322 e. The van der Waals surface area contributed by atoms with Gasteiger partial charge in [-0.15, -0.1) is 0 Å². The molecule has 0 saturated carbocycles. The summed E-state index contributed by atoms with van der Waals surface area (Å²) in [5.74, 6) is -0.526. The highest BCUT2D eigenvalue weighted by molar-refractivity contribution is 14.1. The molecule has 9 heteroatoms. The van der Waals surface area contributed by atoms with Gasteiger partial charge in [-0.2, -0.15) is 0 Å². The molecule has 1 amide bonds. The Hall–Kier alpha value is -2.56. The van der Waals surface area contributed by atoms with Crippen LogP contribution in [0.5, 0.6) is 0 Å². The van der Waals surface area contributed by atoms with Crippen LogP contribution in [-0.4, -0.2) is 15.8 Å². The molecule has 2 aromatic rings. The molecule has 0 atom stereocenters. The Kier molecular flexibility index (Phi) is 4.65. The fraction of sp³-hybridized carbons (Fsp3) is 0. The predicted octanol–water partition coefficient (Wildman–Crippen LogP) is 3.36. The Labute approximate surface area is 137 Å². The van der Waals surface area contributed by atoms with Crippen LogP contribution in [0.3, 0.4) is 0 Å². The van der Waals surface area contributed by atoms with Gasteiger partial charge in [0.1, 0.15) is 0 Å². The monoisotopic (exact) mass is 413 g/mol. The Morgan fingerprint density at radius 1 is 0.955 bits per heavy atom. The van der Waals surface area contributed by atoms with Gasteiger partial charge < -0.3 is 5.32 Å². The topological polar surface area (TPSA) is 115 Å². The highest BCUT2D eigenvalue weighted by atomic mass is 127. The number of benzene rings is 2. The molecular formula is C13H8IN3O5. The van der Waals surface area contributed by atoms with Crippen LogP contribution < -0.4 is 5.32 Å². The number of rotatable bonds is 4. The maximum absolute atomic E-state index is 12.2. The van der Waals surface area contributed by atoms with Gasteiger partial charge in [0.25, 0.3) is 17.3 Å². The molecular weight excluding hydrogens is 405 g/mol. The van der Waals surface area contributed by atoms with Gasteiger partial charge in [0.2, 0.25) is 0 Å². The van der Waals surface area contributed by atoms with E-state index in [1.54, 1.807) is 0 Å². The molecule has 0 radical (unpaired) electrons. The number of nitrogens with one attached hydrogen (secondary N) is 1. The summed E-state index contributed by atoms with van der Waals surface area (Å²) >= 11 is 1.90. The molecule has 22 heavy (non-hydrogen) atoms. The molecule has 112 valence electrons. The van der Waals surface area contributed by atoms with E-state index in [9.17, 15) is 25.0 Å². The van der Waals surface area contributed by atoms with Crippen molar-refractivity contribution in [3.63, 3.8) is 0 Å². The van der Waals surface area contributed by atoms with Crippen LogP contribution in [0.25, 0.3) is 0 Å². The second-order valence-electron chi connectivity index (χ2n) is 4.18. The van der Waals surface area contributed by atoms with Crippen LogP contribution in [0, 0.1) is 23.8 Å². The first-order valence-electron chi connectivity index (χ1n) is 5.88. The Balaban J connectivity index is 2.23. The number of carbonyl (C=O) groups excluding carboxylic acids is 1. The lowest BCUT2D eigenvalue weighted by molar-refractivity contribution is -0.385. The number of nitro groups is 2. The minimum absolute atomic E-state index is 0.0945. The molecule has 0 spiro atoms. The zero-order chi connectivity index (χ0) is 16.3. The van der Waals surface area contributed by atoms with Crippen LogP contribution in [0.1, 0.15) is 10.4 Å². The number of non-ortho nitro benzene ring substituents is 2. The second kappa shape index (κ2) is 6.47. The van der Waals surface area contributed by atoms with Crippen LogP contribution >= 0.6 is 22.6 Å². The number of hydrogen-bond acceptors (Lipinski definition) is 5. The first kappa shape index (κ1) is 15.8. The third kappa shape index (κ3) is 3.55. The van der Waals surface area contributed by atoms with Gasteiger partial charge in [-0.1, -0.05) is 0 Å². The van der Waals surface area contributed by atoms with Gasteiger partial charge in [0.15, 0.2) is 0 Å². The van der Waals surface area contributed by atoms with Crippen molar-refractivity contribution in [2.24, 2.45) is 0 Å². The molecule has 0 unspecified atom stereocenters. The van der Waals surface area contributed by atoms with E-state index in [1.165, 1.54) is 42.5 Å². The number of amides is 1. The quantitative estimate of drug-likeness (QED) is 0.469. The maximum Gasteiger partial charge on any atom is 0.270 e. The van der Waals surface area contributed by atoms with Crippen molar-refractivity contribution in [2.45, 2.75) is 0 Å². The number of nitrogens with zero attached hydrogens (tertiary/aromatic N) is 2. The molecule has 0 aromatic heterocycles. The molecule has 0 aliphatic carbocycles. The van der Waals surface area contributed by atoms with E-state index >= 15 is 0 Å². The number of hydrogen-bond donors (Lipinski definition) is 1. The van der Waals surface area contributed by atoms with E-state index in [4.69, 9.17) is 0 Å². The smallest absolute Gasteiger partial charge is 0.270 e. The number of halogens is 1. The Bertz CT molecular complexity index is 761. The normalized spacial score (nSPS) is 10.0. The van der Waals surface area contributed by atoms with Gasteiger partial charge >= 0.3 is 0 Å². The van der Waals surface area contributed by atoms with Crippen molar-refractivity contribution in [1.82, 2.24) is 0 Å². The average molecular weight is 413 g/mol. The van der Waals surface area contributed by atoms with Crippen LogP contribution in [0.15, 0.2) is 42.5 Å². The highest BCUT2D eigenvalue weighted by Crippen LogP contribution is 2.21. The first-order chi connectivity index (χ1) is 10.4. The third-order valence-corrected chi connectivity index (χ3v) is 3.68. The summed E-state index contributed by atoms with van der Waals surface area (Å²) in [6.07, 6.45) is 0. The molecule has 0 bridgehead atoms. The van der Waals surface area contributed by atoms with E-state index in [0.717, 1.165) is 0 Å². The highest BCUT2D eigenvalue weighted by Gasteiger charge is 2.16. The summed E-state index contributed by atoms with van der Waals surface area (Å²) in [4.78, 5) is 32.3. The Morgan fingerprint density at radius 2 is 1.50 bits per heavy atom. The fourth-order valence-electron chi connectivity index (χ4n) is 1.67. The van der Waals surface area contributed by atoms with Crippen LogP contribution in [-0.2, 0) is 0 Å². The van der Waals surface area contributed by atoms with E-state index < -0.39 is 15.8 Å². The van der Waals surface area contributed by atoms with Crippen molar-refractivity contribution in [3.8, 4) is 0 Å². The molecule has 1 N–H and O–H groups in total. The van der Waals surface area contributed by atoms with Crippen molar-refractivity contribution in [2.75, 3.05) is 5.32 Å². The number of carbonyl (C=O) groups is 1. The lowest BCUT2D eigenvalue weighted by Crippen LogP contribution is -2.13. The van der Waals surface area contributed by atoms with Crippen molar-refractivity contribution >= 4 is 45.6 Å². The first-order valence-corrected chi connectivity index (χ1v) is 6.96. The second-order valence-corrected chi connectivity index (χ2v) is 5.34. The van der Waals surface area contributed by atoms with E-state index in [1.807, 2.05) is 22.6 Å². The Morgan fingerprint density at radius 3 is 2.05 bits per heavy atom. The predicted molar refractivity (Wildman–Crippen MR) is 86.9 cm³/mol. The minimum Gasteiger partial charge on any atom is -0.322 e. The van der Waals surface area contributed by atoms with Gasteiger partial charge in [-0.25, -0.2) is 0 Å². The lowest BCUT2D eigenvalue weighted by Gasteiger charge is -2.06. The van der Waals surface area contributed by atoms with Gasteiger partial charge in [-0.3, -0.25) is 25.0 Å². The lowest BCUT2D eigenvalue weighted by atomic mass is 10.2. The van der Waals surface area contributed by atoms with Gasteiger partial charge in [-0.05, 0) is 40.8 Å². The van der Waals surface area contributed by atoms with Gasteiger partial charge in [0.05, 0.1) is 15.4 Å². The number of nitro benzene ring substituents is 2. The summed E-state index contributed by atoms with van der Waals surface area (Å²) < 4.78 is 0.558. The van der Waals surface area contributed by atoms with Crippen molar-refractivity contribution < 1.29 is 14.6 Å². The number of anilines is 1. The van der Waals surface area contributed by atoms with Gasteiger partial charge in [0, 0.05) is 33.5 Å². The van der Waals surface area contributed by atoms with E-state index in [0.29, 0.717) is 9.26 Å². The SMILES string of the molecule is O=C(Nc1ccc([N+](=O)[O-])cc1)c1cc([N+](=O)[O-])ccc1I. The van der Waals surface area contributed by atoms with Crippen molar-refractivity contribution in [3.05, 3.63) is 71.8 Å². The molecule has 2 aromatic carbocycles. The van der Waals surface area contributed by atoms with Crippen molar-refractivity contribution in [1.29, 1.82) is 0 Å². The fourth-order valence-corrected chi connectivity index (χ4v) is 2.25. The van der Waals surface area contributed by atoms with E-state index in [2.05, 4.69) is 5.32 Å². The standard InChI is InChI=1S/C13H8IN3O5/c14-12-6-5-10(17(21)22)7-11(12)13(18)15-8-1-3-9(4-2-8)16(19)20/h1-7H,(H,15,18). The summed E-state index contributed by atoms with van der Waals surface area (Å²) in [7, 11) is 0. The third-order valence-electron chi connectivity index (χ3n) is 2.74. The molecule has 0 fully saturated rings. The van der Waals surface area contributed by atoms with Crippen LogP contribution in [0.4, 0.5) is 17.1 Å². The molecule has 0 aliphatic rings. The average Bonchev–Trinajstić information content (AvgIpc) is 2.47. The summed E-state index contributed by atoms with van der Waals surface area (Å²) in [6.45, 7) is 0. The molecule has 8 nitrogen and oxygen atoms in total. The van der Waals surface area contributed by atoms with Crippen LogP contribution in [0.2, 0.25) is 0 Å². The zero-order valence-corrected chi connectivity index (χ0v) is 13.0. The molecule has 0 aliphatic heterocycles.